The molecule has 0 spiro atoms. The van der Waals surface area contributed by atoms with Gasteiger partial charge in [0.1, 0.15) is 11.5 Å². The van der Waals surface area contributed by atoms with Gasteiger partial charge in [0, 0.05) is 23.8 Å². The zero-order chi connectivity index (χ0) is 25.0. The smallest absolute Gasteiger partial charge is 0.416 e. The largest absolute Gasteiger partial charge is 0.457 e. The monoisotopic (exact) mass is 500 g/mol. The SMILES string of the molecule is N#CN=C1N(CCO)C[C@H](c2cccc(C(F)(F)F)c2)N1c1ccc(Oc2ccc(Cl)cc2)cc1. The van der Waals surface area contributed by atoms with Gasteiger partial charge in [-0.15, -0.1) is 4.99 Å². The van der Waals surface area contributed by atoms with Gasteiger partial charge < -0.3 is 19.6 Å². The summed E-state index contributed by atoms with van der Waals surface area (Å²) in [7, 11) is 0. The molecule has 1 fully saturated rings. The highest BCUT2D eigenvalue weighted by atomic mass is 35.5. The van der Waals surface area contributed by atoms with Crippen molar-refractivity contribution >= 4 is 23.2 Å². The third-order valence-electron chi connectivity index (χ3n) is 5.49. The van der Waals surface area contributed by atoms with Crippen LogP contribution in [0.25, 0.3) is 0 Å². The van der Waals surface area contributed by atoms with Crippen LogP contribution in [0.1, 0.15) is 17.2 Å². The fourth-order valence-electron chi connectivity index (χ4n) is 3.93. The molecule has 1 aliphatic heterocycles. The average Bonchev–Trinajstić information content (AvgIpc) is 3.19. The van der Waals surface area contributed by atoms with Crippen molar-refractivity contribution in [2.75, 3.05) is 24.6 Å². The van der Waals surface area contributed by atoms with Gasteiger partial charge in [0.15, 0.2) is 0 Å². The molecule has 1 aliphatic rings. The number of nitriles is 1. The summed E-state index contributed by atoms with van der Waals surface area (Å²) >= 11 is 5.90. The minimum absolute atomic E-state index is 0.171. The molecule has 3 aromatic carbocycles. The second-order valence-corrected chi connectivity index (χ2v) is 8.18. The molecule has 0 aromatic heterocycles. The van der Waals surface area contributed by atoms with Crippen molar-refractivity contribution in [3.8, 4) is 17.7 Å². The lowest BCUT2D eigenvalue weighted by Crippen LogP contribution is -2.35. The van der Waals surface area contributed by atoms with E-state index in [1.807, 2.05) is 0 Å². The highest BCUT2D eigenvalue weighted by Gasteiger charge is 2.39. The minimum Gasteiger partial charge on any atom is -0.457 e. The lowest BCUT2D eigenvalue weighted by molar-refractivity contribution is -0.137. The second-order valence-electron chi connectivity index (χ2n) is 7.74. The quantitative estimate of drug-likeness (QED) is 0.430. The summed E-state index contributed by atoms with van der Waals surface area (Å²) in [5.74, 6) is 1.37. The maximum absolute atomic E-state index is 13.4. The molecule has 3 aromatic rings. The van der Waals surface area contributed by atoms with E-state index in [1.165, 1.54) is 6.07 Å². The molecule has 1 saturated heterocycles. The molecule has 0 amide bonds. The van der Waals surface area contributed by atoms with Crippen LogP contribution in [0.15, 0.2) is 77.8 Å². The molecule has 0 unspecified atom stereocenters. The van der Waals surface area contributed by atoms with Crippen LogP contribution in [0, 0.1) is 11.5 Å². The number of anilines is 1. The number of alkyl halides is 3. The van der Waals surface area contributed by atoms with Gasteiger partial charge in [0.05, 0.1) is 18.2 Å². The molecule has 0 aliphatic carbocycles. The van der Waals surface area contributed by atoms with Crippen molar-refractivity contribution in [1.82, 2.24) is 4.90 Å². The number of aliphatic hydroxyl groups is 1. The van der Waals surface area contributed by atoms with Crippen molar-refractivity contribution in [1.29, 1.82) is 5.26 Å². The van der Waals surface area contributed by atoms with Gasteiger partial charge in [-0.25, -0.2) is 0 Å². The van der Waals surface area contributed by atoms with E-state index < -0.39 is 17.8 Å². The Hall–Kier alpha value is -3.74. The van der Waals surface area contributed by atoms with Gasteiger partial charge in [-0.3, -0.25) is 0 Å². The van der Waals surface area contributed by atoms with Crippen LogP contribution in [-0.2, 0) is 6.18 Å². The van der Waals surface area contributed by atoms with Gasteiger partial charge in [-0.05, 0) is 66.2 Å². The second kappa shape index (κ2) is 10.3. The van der Waals surface area contributed by atoms with Gasteiger partial charge in [0.25, 0.3) is 0 Å². The van der Waals surface area contributed by atoms with E-state index in [-0.39, 0.29) is 25.7 Å². The zero-order valence-electron chi connectivity index (χ0n) is 18.3. The Morgan fingerprint density at radius 3 is 2.31 bits per heavy atom. The first-order valence-corrected chi connectivity index (χ1v) is 11.0. The lowest BCUT2D eigenvalue weighted by atomic mass is 10.0. The van der Waals surface area contributed by atoms with Crippen LogP contribution >= 0.6 is 11.6 Å². The van der Waals surface area contributed by atoms with Crippen LogP contribution in [0.5, 0.6) is 11.5 Å². The number of aliphatic hydroxyl groups excluding tert-OH is 1. The maximum atomic E-state index is 13.4. The summed E-state index contributed by atoms with van der Waals surface area (Å²) in [5.41, 5.74) is 0.249. The van der Waals surface area contributed by atoms with E-state index in [4.69, 9.17) is 16.3 Å². The molecular formula is C25H20ClF3N4O2. The molecule has 6 nitrogen and oxygen atoms in total. The van der Waals surface area contributed by atoms with Crippen LogP contribution in [0.2, 0.25) is 5.02 Å². The number of rotatable bonds is 6. The molecule has 1 atom stereocenters. The summed E-state index contributed by atoms with van der Waals surface area (Å²) in [6.07, 6.45) is -2.73. The van der Waals surface area contributed by atoms with Gasteiger partial charge in [-0.1, -0.05) is 23.7 Å². The minimum atomic E-state index is -4.49. The first kappa shape index (κ1) is 24.4. The Kier molecular flexibility index (Phi) is 7.15. The third-order valence-corrected chi connectivity index (χ3v) is 5.74. The molecule has 10 heteroatoms. The number of hydrogen-bond donors (Lipinski definition) is 1. The molecule has 35 heavy (non-hydrogen) atoms. The number of halogens is 4. The molecule has 1 N–H and O–H groups in total. The number of nitrogens with zero attached hydrogens (tertiary/aromatic N) is 4. The molecule has 0 radical (unpaired) electrons. The summed E-state index contributed by atoms with van der Waals surface area (Å²) in [6.45, 7) is 0.205. The van der Waals surface area contributed by atoms with E-state index in [0.29, 0.717) is 27.8 Å². The summed E-state index contributed by atoms with van der Waals surface area (Å²) in [6, 6.07) is 18.3. The van der Waals surface area contributed by atoms with Crippen LogP contribution in [0.4, 0.5) is 18.9 Å². The van der Waals surface area contributed by atoms with E-state index in [9.17, 15) is 23.5 Å². The topological polar surface area (TPSA) is 72.1 Å². The fraction of sp³-hybridized carbons (Fsp3) is 0.200. The Bertz CT molecular complexity index is 1240. The Labute approximate surface area is 205 Å². The number of aliphatic imine (C=N–C) groups is 1. The number of β-amino-alcohol motifs (C(OH)–C–C–N with tert-alkyl or cyclic N) is 1. The number of benzene rings is 3. The molecule has 0 saturated carbocycles. The number of hydrogen-bond acceptors (Lipinski definition) is 4. The Morgan fingerprint density at radius 1 is 1.06 bits per heavy atom. The van der Waals surface area contributed by atoms with Crippen LogP contribution in [-0.4, -0.2) is 35.7 Å². The van der Waals surface area contributed by atoms with Gasteiger partial charge in [0.2, 0.25) is 12.2 Å². The molecule has 0 bridgehead atoms. The standard InChI is InChI=1S/C25H20ClF3N4O2/c26-19-4-8-21(9-5-19)35-22-10-6-20(7-11-22)33-23(15-32(12-13-34)24(33)31-16-30)17-2-1-3-18(14-17)25(27,28)29/h1-11,14,23,34H,12-13,15H2/t23-/m1/s1. The first-order valence-electron chi connectivity index (χ1n) is 10.6. The van der Waals surface area contributed by atoms with Crippen molar-refractivity contribution in [3.05, 3.63) is 88.9 Å². The number of ether oxygens (including phenoxy) is 1. The lowest BCUT2D eigenvalue weighted by Gasteiger charge is -2.26. The van der Waals surface area contributed by atoms with Gasteiger partial charge >= 0.3 is 6.18 Å². The van der Waals surface area contributed by atoms with E-state index in [1.54, 1.807) is 70.6 Å². The molecular weight excluding hydrogens is 481 g/mol. The van der Waals surface area contributed by atoms with E-state index >= 15 is 0 Å². The third kappa shape index (κ3) is 5.50. The van der Waals surface area contributed by atoms with Crippen molar-refractivity contribution in [2.24, 2.45) is 4.99 Å². The Balaban J connectivity index is 1.70. The normalized spacial score (nSPS) is 17.0. The predicted octanol–water partition coefficient (Wildman–Crippen LogP) is 5.84. The Morgan fingerprint density at radius 2 is 1.71 bits per heavy atom. The summed E-state index contributed by atoms with van der Waals surface area (Å²) < 4.78 is 45.9. The first-order chi connectivity index (χ1) is 16.8. The zero-order valence-corrected chi connectivity index (χ0v) is 19.0. The van der Waals surface area contributed by atoms with Crippen LogP contribution in [0.3, 0.4) is 0 Å². The fourth-order valence-corrected chi connectivity index (χ4v) is 4.06. The maximum Gasteiger partial charge on any atom is 0.416 e. The van der Waals surface area contributed by atoms with E-state index in [0.717, 1.165) is 12.1 Å². The van der Waals surface area contributed by atoms with Crippen molar-refractivity contribution < 1.29 is 23.0 Å². The molecule has 1 heterocycles. The summed E-state index contributed by atoms with van der Waals surface area (Å²) in [4.78, 5) is 7.29. The van der Waals surface area contributed by atoms with E-state index in [2.05, 4.69) is 4.99 Å². The summed E-state index contributed by atoms with van der Waals surface area (Å²) in [5, 5.41) is 19.4. The predicted molar refractivity (Wildman–Crippen MR) is 126 cm³/mol. The highest BCUT2D eigenvalue weighted by molar-refractivity contribution is 6.30. The van der Waals surface area contributed by atoms with Crippen molar-refractivity contribution in [2.45, 2.75) is 12.2 Å². The molecule has 4 rings (SSSR count). The van der Waals surface area contributed by atoms with Crippen molar-refractivity contribution in [3.63, 3.8) is 0 Å². The highest BCUT2D eigenvalue weighted by Crippen LogP contribution is 2.38. The average molecular weight is 501 g/mol. The van der Waals surface area contributed by atoms with Gasteiger partial charge in [-0.2, -0.15) is 18.4 Å². The molecule has 180 valence electrons. The van der Waals surface area contributed by atoms with Crippen LogP contribution < -0.4 is 9.64 Å². The number of guanidine groups is 1.